The molecule has 2 heterocycles. The molecule has 1 saturated heterocycles. The monoisotopic (exact) mass is 339 g/mol. The number of H-pyrrole nitrogens is 1. The molecular formula is C16H25N3O3S. The molecule has 2 aliphatic rings. The SMILES string of the molecule is Cc1[nH]c(C(=O)N2CCCC2C2CCCC2)c(C)c1S(N)(=O)=O. The molecule has 1 unspecified atom stereocenters. The van der Waals surface area contributed by atoms with Crippen molar-refractivity contribution in [1.82, 2.24) is 9.88 Å². The van der Waals surface area contributed by atoms with Crippen LogP contribution in [0.3, 0.4) is 0 Å². The largest absolute Gasteiger partial charge is 0.353 e. The van der Waals surface area contributed by atoms with E-state index < -0.39 is 10.0 Å². The molecular weight excluding hydrogens is 314 g/mol. The van der Waals surface area contributed by atoms with Crippen LogP contribution < -0.4 is 5.14 Å². The minimum atomic E-state index is -3.83. The predicted molar refractivity (Wildman–Crippen MR) is 87.7 cm³/mol. The summed E-state index contributed by atoms with van der Waals surface area (Å²) in [4.78, 5) is 17.9. The molecule has 1 aliphatic heterocycles. The van der Waals surface area contributed by atoms with E-state index in [-0.39, 0.29) is 10.8 Å². The second kappa shape index (κ2) is 5.94. The van der Waals surface area contributed by atoms with Gasteiger partial charge in [-0.3, -0.25) is 4.79 Å². The number of sulfonamides is 1. The fourth-order valence-electron chi connectivity index (χ4n) is 4.39. The van der Waals surface area contributed by atoms with Crippen LogP contribution in [0.5, 0.6) is 0 Å². The van der Waals surface area contributed by atoms with Crippen molar-refractivity contribution in [3.8, 4) is 0 Å². The van der Waals surface area contributed by atoms with Crippen LogP contribution in [0.15, 0.2) is 4.90 Å². The van der Waals surface area contributed by atoms with Crippen LogP contribution in [0, 0.1) is 19.8 Å². The average molecular weight is 339 g/mol. The molecule has 128 valence electrons. The van der Waals surface area contributed by atoms with Crippen LogP contribution in [-0.2, 0) is 10.0 Å². The molecule has 1 aromatic heterocycles. The number of primary sulfonamides is 1. The number of hydrogen-bond donors (Lipinski definition) is 2. The van der Waals surface area contributed by atoms with E-state index >= 15 is 0 Å². The molecule has 1 amide bonds. The number of aromatic amines is 1. The Balaban J connectivity index is 1.91. The second-order valence-electron chi connectivity index (χ2n) is 6.88. The van der Waals surface area contributed by atoms with E-state index in [1.54, 1.807) is 13.8 Å². The number of carbonyl (C=O) groups is 1. The van der Waals surface area contributed by atoms with Gasteiger partial charge in [0.25, 0.3) is 5.91 Å². The number of aromatic nitrogens is 1. The lowest BCUT2D eigenvalue weighted by Crippen LogP contribution is -2.39. The van der Waals surface area contributed by atoms with Crippen LogP contribution in [0.2, 0.25) is 0 Å². The lowest BCUT2D eigenvalue weighted by Gasteiger charge is -2.29. The normalized spacial score (nSPS) is 22.9. The number of nitrogens with zero attached hydrogens (tertiary/aromatic N) is 1. The van der Waals surface area contributed by atoms with Crippen molar-refractivity contribution in [1.29, 1.82) is 0 Å². The first kappa shape index (κ1) is 16.5. The molecule has 0 aromatic carbocycles. The lowest BCUT2D eigenvalue weighted by atomic mass is 9.96. The van der Waals surface area contributed by atoms with Crippen LogP contribution in [0.4, 0.5) is 0 Å². The molecule has 0 bridgehead atoms. The smallest absolute Gasteiger partial charge is 0.270 e. The maximum absolute atomic E-state index is 13.0. The summed E-state index contributed by atoms with van der Waals surface area (Å²) in [5.41, 5.74) is 1.24. The molecule has 3 N–H and O–H groups in total. The highest BCUT2D eigenvalue weighted by molar-refractivity contribution is 7.89. The fourth-order valence-corrected chi connectivity index (χ4v) is 5.40. The zero-order valence-electron chi connectivity index (χ0n) is 13.8. The molecule has 2 fully saturated rings. The van der Waals surface area contributed by atoms with Gasteiger partial charge in [0.2, 0.25) is 10.0 Å². The van der Waals surface area contributed by atoms with Crippen molar-refractivity contribution in [3.05, 3.63) is 17.0 Å². The molecule has 23 heavy (non-hydrogen) atoms. The molecule has 3 rings (SSSR count). The van der Waals surface area contributed by atoms with E-state index in [0.29, 0.717) is 28.9 Å². The van der Waals surface area contributed by atoms with Crippen molar-refractivity contribution < 1.29 is 13.2 Å². The second-order valence-corrected chi connectivity index (χ2v) is 8.38. The Morgan fingerprint density at radius 3 is 2.39 bits per heavy atom. The number of aryl methyl sites for hydroxylation is 1. The minimum Gasteiger partial charge on any atom is -0.353 e. The van der Waals surface area contributed by atoms with Gasteiger partial charge in [-0.25, -0.2) is 13.6 Å². The van der Waals surface area contributed by atoms with Gasteiger partial charge in [0.15, 0.2) is 0 Å². The Labute approximate surface area is 137 Å². The number of amides is 1. The van der Waals surface area contributed by atoms with E-state index in [9.17, 15) is 13.2 Å². The first-order chi connectivity index (χ1) is 10.8. The topological polar surface area (TPSA) is 96.3 Å². The third-order valence-electron chi connectivity index (χ3n) is 5.37. The van der Waals surface area contributed by atoms with E-state index in [2.05, 4.69) is 4.98 Å². The fraction of sp³-hybridized carbons (Fsp3) is 0.688. The summed E-state index contributed by atoms with van der Waals surface area (Å²) in [7, 11) is -3.83. The highest BCUT2D eigenvalue weighted by Crippen LogP contribution is 2.36. The number of hydrogen-bond acceptors (Lipinski definition) is 3. The Morgan fingerprint density at radius 1 is 1.17 bits per heavy atom. The maximum Gasteiger partial charge on any atom is 0.270 e. The van der Waals surface area contributed by atoms with Gasteiger partial charge in [-0.05, 0) is 51.0 Å². The average Bonchev–Trinajstić information content (AvgIpc) is 3.14. The summed E-state index contributed by atoms with van der Waals surface area (Å²) in [6.07, 6.45) is 6.96. The van der Waals surface area contributed by atoms with Crippen molar-refractivity contribution in [2.24, 2.45) is 11.1 Å². The van der Waals surface area contributed by atoms with Gasteiger partial charge in [-0.1, -0.05) is 12.8 Å². The van der Waals surface area contributed by atoms with Gasteiger partial charge < -0.3 is 9.88 Å². The number of rotatable bonds is 3. The third-order valence-corrected chi connectivity index (χ3v) is 6.55. The number of nitrogens with two attached hydrogens (primary N) is 1. The predicted octanol–water partition coefficient (Wildman–Crippen LogP) is 2.07. The van der Waals surface area contributed by atoms with Crippen molar-refractivity contribution >= 4 is 15.9 Å². The van der Waals surface area contributed by atoms with Gasteiger partial charge in [0.05, 0.1) is 0 Å². The first-order valence-electron chi connectivity index (χ1n) is 8.33. The van der Waals surface area contributed by atoms with Gasteiger partial charge in [-0.15, -0.1) is 0 Å². The van der Waals surface area contributed by atoms with E-state index in [0.717, 1.165) is 19.4 Å². The Bertz CT molecular complexity index is 717. The summed E-state index contributed by atoms with van der Waals surface area (Å²) in [5, 5.41) is 5.28. The summed E-state index contributed by atoms with van der Waals surface area (Å²) >= 11 is 0. The molecule has 0 radical (unpaired) electrons. The molecule has 1 aromatic rings. The van der Waals surface area contributed by atoms with E-state index in [1.165, 1.54) is 25.7 Å². The standard InChI is InChI=1S/C16H25N3O3S/c1-10-14(18-11(2)15(10)23(17,21)22)16(20)19-9-5-8-13(19)12-6-3-4-7-12/h12-13,18H,3-9H2,1-2H3,(H2,17,21,22). The summed E-state index contributed by atoms with van der Waals surface area (Å²) in [6, 6.07) is 0.297. The lowest BCUT2D eigenvalue weighted by molar-refractivity contribution is 0.0683. The number of nitrogens with one attached hydrogen (secondary N) is 1. The van der Waals surface area contributed by atoms with Crippen LogP contribution in [0.25, 0.3) is 0 Å². The summed E-state index contributed by atoms with van der Waals surface area (Å²) < 4.78 is 23.5. The Morgan fingerprint density at radius 2 is 1.83 bits per heavy atom. The molecule has 6 nitrogen and oxygen atoms in total. The van der Waals surface area contributed by atoms with Gasteiger partial charge in [0, 0.05) is 18.3 Å². The third kappa shape index (κ3) is 2.92. The van der Waals surface area contributed by atoms with Crippen LogP contribution in [0.1, 0.15) is 60.3 Å². The minimum absolute atomic E-state index is 0.0532. The van der Waals surface area contributed by atoms with Gasteiger partial charge in [0.1, 0.15) is 10.6 Å². The zero-order valence-corrected chi connectivity index (χ0v) is 14.6. The summed E-state index contributed by atoms with van der Waals surface area (Å²) in [6.45, 7) is 4.04. The maximum atomic E-state index is 13.0. The Kier molecular flexibility index (Phi) is 4.27. The molecule has 7 heteroatoms. The van der Waals surface area contributed by atoms with Crippen molar-refractivity contribution in [2.75, 3.05) is 6.54 Å². The van der Waals surface area contributed by atoms with Crippen LogP contribution >= 0.6 is 0 Å². The van der Waals surface area contributed by atoms with Crippen LogP contribution in [-0.4, -0.2) is 36.8 Å². The van der Waals surface area contributed by atoms with E-state index in [4.69, 9.17) is 5.14 Å². The summed E-state index contributed by atoms with van der Waals surface area (Å²) in [5.74, 6) is 0.505. The number of likely N-dealkylation sites (tertiary alicyclic amines) is 1. The van der Waals surface area contributed by atoms with Crippen molar-refractivity contribution in [2.45, 2.75) is 63.3 Å². The molecule has 1 aliphatic carbocycles. The van der Waals surface area contributed by atoms with Gasteiger partial charge >= 0.3 is 0 Å². The van der Waals surface area contributed by atoms with E-state index in [1.807, 2.05) is 4.90 Å². The van der Waals surface area contributed by atoms with Gasteiger partial charge in [-0.2, -0.15) is 0 Å². The zero-order chi connectivity index (χ0) is 16.8. The Hall–Kier alpha value is -1.34. The van der Waals surface area contributed by atoms with Crippen molar-refractivity contribution in [3.63, 3.8) is 0 Å². The number of carbonyl (C=O) groups excluding carboxylic acids is 1. The highest BCUT2D eigenvalue weighted by Gasteiger charge is 2.37. The first-order valence-corrected chi connectivity index (χ1v) is 9.88. The molecule has 1 atom stereocenters. The molecule has 1 saturated carbocycles. The highest BCUT2D eigenvalue weighted by atomic mass is 32.2. The quantitative estimate of drug-likeness (QED) is 0.882. The molecule has 0 spiro atoms.